The second kappa shape index (κ2) is 6.11. The van der Waals surface area contributed by atoms with Crippen molar-refractivity contribution in [1.82, 2.24) is 10.0 Å². The largest absolute Gasteiger partial charge is 0.316 e. The number of piperidine rings is 1. The van der Waals surface area contributed by atoms with Crippen LogP contribution in [0.25, 0.3) is 0 Å². The average molecular weight is 308 g/mol. The second-order valence-electron chi connectivity index (χ2n) is 4.76. The fourth-order valence-electron chi connectivity index (χ4n) is 2.11. The summed E-state index contributed by atoms with van der Waals surface area (Å²) >= 11 is 0. The van der Waals surface area contributed by atoms with E-state index in [-0.39, 0.29) is 18.5 Å². The molecule has 0 spiro atoms. The van der Waals surface area contributed by atoms with E-state index < -0.39 is 32.4 Å². The molecule has 0 saturated carbocycles. The van der Waals surface area contributed by atoms with Crippen LogP contribution in [-0.2, 0) is 10.0 Å². The van der Waals surface area contributed by atoms with Gasteiger partial charge in [0.15, 0.2) is 11.6 Å². The Morgan fingerprint density at radius 2 is 1.90 bits per heavy atom. The highest BCUT2D eigenvalue weighted by atomic mass is 32.2. The van der Waals surface area contributed by atoms with Crippen molar-refractivity contribution in [1.29, 1.82) is 0 Å². The molecular weight excluding hydrogens is 293 g/mol. The van der Waals surface area contributed by atoms with Crippen LogP contribution in [0.3, 0.4) is 0 Å². The minimum Gasteiger partial charge on any atom is -0.316 e. The number of rotatable bonds is 4. The summed E-state index contributed by atoms with van der Waals surface area (Å²) in [6, 6.07) is 0.582. The van der Waals surface area contributed by atoms with E-state index in [0.29, 0.717) is 12.6 Å². The van der Waals surface area contributed by atoms with Gasteiger partial charge >= 0.3 is 0 Å². The zero-order valence-corrected chi connectivity index (χ0v) is 11.4. The van der Waals surface area contributed by atoms with Crippen LogP contribution >= 0.6 is 0 Å². The second-order valence-corrected chi connectivity index (χ2v) is 6.50. The van der Waals surface area contributed by atoms with Crippen molar-refractivity contribution in [3.05, 3.63) is 29.6 Å². The average Bonchev–Trinajstić information content (AvgIpc) is 2.42. The van der Waals surface area contributed by atoms with Gasteiger partial charge in [0.05, 0.1) is 0 Å². The Morgan fingerprint density at radius 3 is 2.55 bits per heavy atom. The first kappa shape index (κ1) is 15.3. The molecule has 1 aromatic rings. The molecule has 0 radical (unpaired) electrons. The Morgan fingerprint density at radius 1 is 1.20 bits per heavy atom. The Labute approximate surface area is 115 Å². The van der Waals surface area contributed by atoms with Crippen LogP contribution in [0.5, 0.6) is 0 Å². The summed E-state index contributed by atoms with van der Waals surface area (Å²) in [5.41, 5.74) is 0. The van der Waals surface area contributed by atoms with Crippen molar-refractivity contribution in [2.24, 2.45) is 5.92 Å². The van der Waals surface area contributed by atoms with Crippen LogP contribution < -0.4 is 10.0 Å². The smallest absolute Gasteiger partial charge is 0.243 e. The fraction of sp³-hybridized carbons (Fsp3) is 0.500. The summed E-state index contributed by atoms with van der Waals surface area (Å²) < 4.78 is 65.3. The molecule has 1 fully saturated rings. The molecule has 8 heteroatoms. The van der Waals surface area contributed by atoms with Gasteiger partial charge in [0, 0.05) is 12.6 Å². The molecule has 0 bridgehead atoms. The Hall–Kier alpha value is -1.12. The lowest BCUT2D eigenvalue weighted by Gasteiger charge is -2.22. The molecule has 2 N–H and O–H groups in total. The van der Waals surface area contributed by atoms with E-state index >= 15 is 0 Å². The van der Waals surface area contributed by atoms with Crippen molar-refractivity contribution in [3.63, 3.8) is 0 Å². The van der Waals surface area contributed by atoms with Gasteiger partial charge in [-0.3, -0.25) is 0 Å². The summed E-state index contributed by atoms with van der Waals surface area (Å²) in [6.07, 6.45) is 1.79. The normalized spacial score (nSPS) is 20.1. The molecule has 1 aliphatic heterocycles. The van der Waals surface area contributed by atoms with Crippen LogP contribution in [0.15, 0.2) is 17.0 Å². The highest BCUT2D eigenvalue weighted by Crippen LogP contribution is 2.19. The molecule has 112 valence electrons. The maximum absolute atomic E-state index is 13.5. The molecule has 1 aliphatic rings. The molecule has 4 nitrogen and oxygen atoms in total. The van der Waals surface area contributed by atoms with E-state index in [0.717, 1.165) is 19.4 Å². The molecule has 2 rings (SSSR count). The molecule has 1 heterocycles. The SMILES string of the molecule is O=S(=O)(NC[C@@H]1CCCNC1)c1cc(F)c(F)cc1F. The zero-order valence-electron chi connectivity index (χ0n) is 10.6. The molecule has 0 unspecified atom stereocenters. The fourth-order valence-corrected chi connectivity index (χ4v) is 3.30. The Kier molecular flexibility index (Phi) is 4.66. The van der Waals surface area contributed by atoms with E-state index in [1.165, 1.54) is 0 Å². The third kappa shape index (κ3) is 3.50. The van der Waals surface area contributed by atoms with Gasteiger partial charge < -0.3 is 5.32 Å². The van der Waals surface area contributed by atoms with Gasteiger partial charge in [0.2, 0.25) is 10.0 Å². The van der Waals surface area contributed by atoms with Crippen molar-refractivity contribution >= 4 is 10.0 Å². The molecule has 20 heavy (non-hydrogen) atoms. The topological polar surface area (TPSA) is 58.2 Å². The van der Waals surface area contributed by atoms with Gasteiger partial charge in [0.25, 0.3) is 0 Å². The van der Waals surface area contributed by atoms with Crippen molar-refractivity contribution < 1.29 is 21.6 Å². The lowest BCUT2D eigenvalue weighted by atomic mass is 10.0. The lowest BCUT2D eigenvalue weighted by Crippen LogP contribution is -2.38. The summed E-state index contributed by atoms with van der Waals surface area (Å²) in [5.74, 6) is -4.02. The van der Waals surface area contributed by atoms with Crippen LogP contribution in [0.2, 0.25) is 0 Å². The third-order valence-corrected chi connectivity index (χ3v) is 4.66. The number of sulfonamides is 1. The lowest BCUT2D eigenvalue weighted by molar-refractivity contribution is 0.375. The Balaban J connectivity index is 2.11. The first-order valence-electron chi connectivity index (χ1n) is 6.25. The van der Waals surface area contributed by atoms with Gasteiger partial charge in [-0.2, -0.15) is 0 Å². The molecule has 0 aromatic heterocycles. The predicted octanol–water partition coefficient (Wildman–Crippen LogP) is 1.38. The maximum atomic E-state index is 13.5. The predicted molar refractivity (Wildman–Crippen MR) is 67.1 cm³/mol. The number of benzene rings is 1. The van der Waals surface area contributed by atoms with E-state index in [2.05, 4.69) is 10.0 Å². The van der Waals surface area contributed by atoms with E-state index in [9.17, 15) is 21.6 Å². The zero-order chi connectivity index (χ0) is 14.8. The van der Waals surface area contributed by atoms with Crippen LogP contribution in [-0.4, -0.2) is 28.1 Å². The minimum absolute atomic E-state index is 0.104. The summed E-state index contributed by atoms with van der Waals surface area (Å²) in [7, 11) is -4.19. The summed E-state index contributed by atoms with van der Waals surface area (Å²) in [6.45, 7) is 1.69. The third-order valence-electron chi connectivity index (χ3n) is 3.23. The standard InChI is InChI=1S/C12H15F3N2O2S/c13-9-4-11(15)12(5-10(9)14)20(18,19)17-7-8-2-1-3-16-6-8/h4-5,8,16-17H,1-3,6-7H2/t8-/m1/s1. The molecule has 1 atom stereocenters. The first-order valence-corrected chi connectivity index (χ1v) is 7.73. The monoisotopic (exact) mass is 308 g/mol. The molecule has 1 saturated heterocycles. The summed E-state index contributed by atoms with van der Waals surface area (Å²) in [4.78, 5) is -0.875. The van der Waals surface area contributed by atoms with Gasteiger partial charge in [0.1, 0.15) is 10.7 Å². The van der Waals surface area contributed by atoms with Crippen molar-refractivity contribution in [3.8, 4) is 0 Å². The number of halogens is 3. The van der Waals surface area contributed by atoms with Gasteiger partial charge in [-0.1, -0.05) is 0 Å². The van der Waals surface area contributed by atoms with Crippen LogP contribution in [0.1, 0.15) is 12.8 Å². The highest BCUT2D eigenvalue weighted by molar-refractivity contribution is 7.89. The highest BCUT2D eigenvalue weighted by Gasteiger charge is 2.23. The Bertz CT molecular complexity index is 587. The maximum Gasteiger partial charge on any atom is 0.243 e. The molecule has 0 amide bonds. The van der Waals surface area contributed by atoms with E-state index in [1.807, 2.05) is 0 Å². The first-order chi connectivity index (χ1) is 9.40. The number of hydrogen-bond donors (Lipinski definition) is 2. The van der Waals surface area contributed by atoms with Crippen molar-refractivity contribution in [2.45, 2.75) is 17.7 Å². The van der Waals surface area contributed by atoms with Gasteiger partial charge in [-0.25, -0.2) is 26.3 Å². The summed E-state index contributed by atoms with van der Waals surface area (Å²) in [5, 5.41) is 3.12. The molecule has 0 aliphatic carbocycles. The minimum atomic E-state index is -4.19. The van der Waals surface area contributed by atoms with Crippen LogP contribution in [0.4, 0.5) is 13.2 Å². The molecule has 1 aromatic carbocycles. The quantitative estimate of drug-likeness (QED) is 0.826. The number of nitrogens with one attached hydrogen (secondary N) is 2. The van der Waals surface area contributed by atoms with Crippen LogP contribution in [0, 0.1) is 23.4 Å². The van der Waals surface area contributed by atoms with Crippen molar-refractivity contribution in [2.75, 3.05) is 19.6 Å². The van der Waals surface area contributed by atoms with E-state index in [1.54, 1.807) is 0 Å². The van der Waals surface area contributed by atoms with E-state index in [4.69, 9.17) is 0 Å². The van der Waals surface area contributed by atoms with Gasteiger partial charge in [-0.05, 0) is 37.9 Å². The molecular formula is C12H15F3N2O2S. The number of hydrogen-bond acceptors (Lipinski definition) is 3. The van der Waals surface area contributed by atoms with Gasteiger partial charge in [-0.15, -0.1) is 0 Å².